The molecule has 1 rings (SSSR count). The van der Waals surface area contributed by atoms with Crippen LogP contribution in [0, 0.1) is 0 Å². The van der Waals surface area contributed by atoms with Crippen LogP contribution in [0.1, 0.15) is 10.4 Å². The van der Waals surface area contributed by atoms with Gasteiger partial charge < -0.3 is 15.0 Å². The van der Waals surface area contributed by atoms with E-state index in [0.717, 1.165) is 18.8 Å². The zero-order valence-corrected chi connectivity index (χ0v) is 11.0. The minimum absolute atomic E-state index is 0.364. The molecule has 0 aliphatic carbocycles. The minimum Gasteiger partial charge on any atom is -0.465 e. The lowest BCUT2D eigenvalue weighted by molar-refractivity contribution is 0.0601. The maximum absolute atomic E-state index is 11.4. The number of hydrogen-bond donors (Lipinski definition) is 1. The predicted molar refractivity (Wildman–Crippen MR) is 69.8 cm³/mol. The van der Waals surface area contributed by atoms with Crippen molar-refractivity contribution in [1.29, 1.82) is 0 Å². The van der Waals surface area contributed by atoms with Gasteiger partial charge in [-0.25, -0.2) is 4.79 Å². The number of likely N-dealkylation sites (N-methyl/N-ethyl adjacent to an activating group) is 1. The summed E-state index contributed by atoms with van der Waals surface area (Å²) in [4.78, 5) is 13.4. The van der Waals surface area contributed by atoms with Crippen molar-refractivity contribution in [3.05, 3.63) is 28.8 Å². The Hall–Kier alpha value is -1.26. The molecule has 0 aliphatic heterocycles. The molecule has 1 N–H and O–H groups in total. The summed E-state index contributed by atoms with van der Waals surface area (Å²) in [6.45, 7) is 1.65. The van der Waals surface area contributed by atoms with E-state index in [4.69, 9.17) is 11.6 Å². The number of nitrogens with one attached hydrogen (secondary N) is 1. The first-order chi connectivity index (χ1) is 8.04. The maximum atomic E-state index is 11.4. The number of anilines is 1. The molecule has 0 saturated carbocycles. The lowest BCUT2D eigenvalue weighted by atomic mass is 10.2. The van der Waals surface area contributed by atoms with Crippen LogP contribution in [0.2, 0.25) is 5.02 Å². The van der Waals surface area contributed by atoms with E-state index in [2.05, 4.69) is 15.0 Å². The second kappa shape index (κ2) is 6.47. The van der Waals surface area contributed by atoms with Gasteiger partial charge in [-0.1, -0.05) is 11.6 Å². The largest absolute Gasteiger partial charge is 0.465 e. The predicted octanol–water partition coefficient (Wildman–Crippen LogP) is 2.10. The van der Waals surface area contributed by atoms with Crippen LogP contribution in [0.4, 0.5) is 5.69 Å². The average Bonchev–Trinajstić information content (AvgIpc) is 2.30. The molecule has 17 heavy (non-hydrogen) atoms. The molecule has 0 radical (unpaired) electrons. The summed E-state index contributed by atoms with van der Waals surface area (Å²) in [5.74, 6) is -0.364. The number of nitrogens with zero attached hydrogens (tertiary/aromatic N) is 1. The van der Waals surface area contributed by atoms with Crippen LogP contribution < -0.4 is 5.32 Å². The SMILES string of the molecule is COC(=O)c1ccc(Cl)c(NCCN(C)C)c1. The van der Waals surface area contributed by atoms with Gasteiger partial charge in [-0.05, 0) is 32.3 Å². The first-order valence-electron chi connectivity index (χ1n) is 5.31. The Labute approximate surface area is 107 Å². The Balaban J connectivity index is 2.73. The number of halogens is 1. The zero-order valence-electron chi connectivity index (χ0n) is 10.3. The standard InChI is InChI=1S/C12H17ClN2O2/c1-15(2)7-6-14-11-8-9(12(16)17-3)4-5-10(11)13/h4-5,8,14H,6-7H2,1-3H3. The van der Waals surface area contributed by atoms with Crippen LogP contribution >= 0.6 is 11.6 Å². The summed E-state index contributed by atoms with van der Waals surface area (Å²) >= 11 is 6.03. The number of rotatable bonds is 5. The van der Waals surface area contributed by atoms with E-state index >= 15 is 0 Å². The van der Waals surface area contributed by atoms with Crippen LogP contribution in [-0.4, -0.2) is 45.2 Å². The van der Waals surface area contributed by atoms with Gasteiger partial charge in [-0.15, -0.1) is 0 Å². The zero-order chi connectivity index (χ0) is 12.8. The van der Waals surface area contributed by atoms with Crippen molar-refractivity contribution in [3.8, 4) is 0 Å². The lowest BCUT2D eigenvalue weighted by Gasteiger charge is -2.13. The van der Waals surface area contributed by atoms with E-state index in [0.29, 0.717) is 10.6 Å². The first-order valence-corrected chi connectivity index (χ1v) is 5.69. The van der Waals surface area contributed by atoms with E-state index in [1.165, 1.54) is 7.11 Å². The van der Waals surface area contributed by atoms with Gasteiger partial charge in [0, 0.05) is 13.1 Å². The third kappa shape index (κ3) is 4.24. The smallest absolute Gasteiger partial charge is 0.337 e. The number of esters is 1. The Bertz CT molecular complexity index is 394. The fraction of sp³-hybridized carbons (Fsp3) is 0.417. The molecule has 0 fully saturated rings. The molecule has 0 amide bonds. The highest BCUT2D eigenvalue weighted by Gasteiger charge is 2.08. The first kappa shape index (κ1) is 13.8. The van der Waals surface area contributed by atoms with Crippen LogP contribution in [0.15, 0.2) is 18.2 Å². The quantitative estimate of drug-likeness (QED) is 0.820. The molecule has 0 saturated heterocycles. The van der Waals surface area contributed by atoms with Gasteiger partial charge in [0.05, 0.1) is 23.4 Å². The number of hydrogen-bond acceptors (Lipinski definition) is 4. The van der Waals surface area contributed by atoms with Gasteiger partial charge in [0.2, 0.25) is 0 Å². The maximum Gasteiger partial charge on any atom is 0.337 e. The highest BCUT2D eigenvalue weighted by molar-refractivity contribution is 6.33. The number of carbonyl (C=O) groups excluding carboxylic acids is 1. The van der Waals surface area contributed by atoms with E-state index in [1.807, 2.05) is 14.1 Å². The van der Waals surface area contributed by atoms with Crippen LogP contribution in [0.25, 0.3) is 0 Å². The van der Waals surface area contributed by atoms with Gasteiger partial charge in [0.25, 0.3) is 0 Å². The van der Waals surface area contributed by atoms with E-state index in [1.54, 1.807) is 18.2 Å². The topological polar surface area (TPSA) is 41.6 Å². The molecule has 0 spiro atoms. The van der Waals surface area contributed by atoms with E-state index in [-0.39, 0.29) is 5.97 Å². The van der Waals surface area contributed by atoms with Gasteiger partial charge >= 0.3 is 5.97 Å². The molecule has 4 nitrogen and oxygen atoms in total. The Morgan fingerprint density at radius 1 is 1.47 bits per heavy atom. The molecule has 0 aromatic heterocycles. The molecular formula is C12H17ClN2O2. The summed E-state index contributed by atoms with van der Waals surface area (Å²) in [6.07, 6.45) is 0. The Morgan fingerprint density at radius 2 is 2.18 bits per heavy atom. The number of methoxy groups -OCH3 is 1. The second-order valence-corrected chi connectivity index (χ2v) is 4.32. The second-order valence-electron chi connectivity index (χ2n) is 3.92. The molecule has 0 aliphatic rings. The molecule has 0 bridgehead atoms. The van der Waals surface area contributed by atoms with Crippen molar-refractivity contribution >= 4 is 23.3 Å². The highest BCUT2D eigenvalue weighted by atomic mass is 35.5. The van der Waals surface area contributed by atoms with Crippen molar-refractivity contribution in [1.82, 2.24) is 4.90 Å². The number of benzene rings is 1. The van der Waals surface area contributed by atoms with E-state index in [9.17, 15) is 4.79 Å². The highest BCUT2D eigenvalue weighted by Crippen LogP contribution is 2.23. The van der Waals surface area contributed by atoms with Gasteiger partial charge in [0.1, 0.15) is 0 Å². The Morgan fingerprint density at radius 3 is 2.76 bits per heavy atom. The normalized spacial score (nSPS) is 10.4. The van der Waals surface area contributed by atoms with Gasteiger partial charge in [0.15, 0.2) is 0 Å². The third-order valence-corrected chi connectivity index (χ3v) is 2.59. The monoisotopic (exact) mass is 256 g/mol. The molecule has 5 heteroatoms. The molecule has 1 aromatic carbocycles. The van der Waals surface area contributed by atoms with Crippen molar-refractivity contribution in [2.45, 2.75) is 0 Å². The van der Waals surface area contributed by atoms with Crippen molar-refractivity contribution in [2.75, 3.05) is 39.6 Å². The summed E-state index contributed by atoms with van der Waals surface area (Å²) in [5.41, 5.74) is 1.24. The van der Waals surface area contributed by atoms with Crippen LogP contribution in [0.5, 0.6) is 0 Å². The molecule has 94 valence electrons. The minimum atomic E-state index is -0.364. The average molecular weight is 257 g/mol. The third-order valence-electron chi connectivity index (χ3n) is 2.26. The Kier molecular flexibility index (Phi) is 5.25. The van der Waals surface area contributed by atoms with Crippen molar-refractivity contribution in [3.63, 3.8) is 0 Å². The molecular weight excluding hydrogens is 240 g/mol. The van der Waals surface area contributed by atoms with Crippen molar-refractivity contribution in [2.24, 2.45) is 0 Å². The summed E-state index contributed by atoms with van der Waals surface area (Å²) in [6, 6.07) is 5.03. The molecule has 0 heterocycles. The van der Waals surface area contributed by atoms with Crippen LogP contribution in [0.3, 0.4) is 0 Å². The number of ether oxygens (including phenoxy) is 1. The summed E-state index contributed by atoms with van der Waals surface area (Å²) in [7, 11) is 5.35. The van der Waals surface area contributed by atoms with E-state index < -0.39 is 0 Å². The molecule has 0 atom stereocenters. The summed E-state index contributed by atoms with van der Waals surface area (Å²) in [5, 5.41) is 3.78. The number of carbonyl (C=O) groups is 1. The van der Waals surface area contributed by atoms with Crippen LogP contribution in [-0.2, 0) is 4.74 Å². The molecule has 0 unspecified atom stereocenters. The fourth-order valence-electron chi connectivity index (χ4n) is 1.32. The van der Waals surface area contributed by atoms with Crippen molar-refractivity contribution < 1.29 is 9.53 Å². The summed E-state index contributed by atoms with van der Waals surface area (Å²) < 4.78 is 4.66. The van der Waals surface area contributed by atoms with Gasteiger partial charge in [-0.2, -0.15) is 0 Å². The lowest BCUT2D eigenvalue weighted by Crippen LogP contribution is -2.21. The van der Waals surface area contributed by atoms with Gasteiger partial charge in [-0.3, -0.25) is 0 Å². The fourth-order valence-corrected chi connectivity index (χ4v) is 1.50. The molecule has 1 aromatic rings.